The number of nitrogens with one attached hydrogen (secondary N) is 1. The number of nitrogens with two attached hydrogens (primary N) is 2. The van der Waals surface area contributed by atoms with Gasteiger partial charge in [0.05, 0.1) is 13.2 Å². The van der Waals surface area contributed by atoms with Crippen molar-refractivity contribution in [3.05, 3.63) is 29.8 Å². The van der Waals surface area contributed by atoms with Gasteiger partial charge in [0.1, 0.15) is 11.8 Å². The van der Waals surface area contributed by atoms with Crippen LogP contribution in [0.4, 0.5) is 0 Å². The molecule has 0 fully saturated rings. The van der Waals surface area contributed by atoms with Gasteiger partial charge in [-0.25, -0.2) is 4.79 Å². The zero-order chi connectivity index (χ0) is 17.2. The minimum Gasteiger partial charge on any atom is -0.508 e. The monoisotopic (exact) mass is 323 g/mol. The Kier molecular flexibility index (Phi) is 8.07. The van der Waals surface area contributed by atoms with Gasteiger partial charge in [-0.1, -0.05) is 18.6 Å². The lowest BCUT2D eigenvalue weighted by atomic mass is 10.0. The number of methoxy groups -OCH3 is 1. The van der Waals surface area contributed by atoms with Crippen LogP contribution in [0.15, 0.2) is 24.3 Å². The number of hydrogen-bond acceptors (Lipinski definition) is 6. The Morgan fingerprint density at radius 1 is 1.26 bits per heavy atom. The van der Waals surface area contributed by atoms with E-state index in [1.165, 1.54) is 19.2 Å². The van der Waals surface area contributed by atoms with E-state index in [4.69, 9.17) is 16.2 Å². The Balaban J connectivity index is 2.65. The maximum atomic E-state index is 12.1. The fraction of sp³-hybridized carbons (Fsp3) is 0.500. The number of unbranched alkanes of at least 4 members (excludes halogenated alkanes) is 1. The Bertz CT molecular complexity index is 505. The first-order chi connectivity index (χ1) is 11.0. The summed E-state index contributed by atoms with van der Waals surface area (Å²) in [5, 5.41) is 11.9. The van der Waals surface area contributed by atoms with Gasteiger partial charge in [0.2, 0.25) is 5.91 Å². The summed E-state index contributed by atoms with van der Waals surface area (Å²) in [6.45, 7) is 0.556. The first-order valence-corrected chi connectivity index (χ1v) is 7.59. The van der Waals surface area contributed by atoms with Gasteiger partial charge in [-0.15, -0.1) is 0 Å². The van der Waals surface area contributed by atoms with Gasteiger partial charge in [0.25, 0.3) is 0 Å². The van der Waals surface area contributed by atoms with Crippen LogP contribution in [0.5, 0.6) is 5.75 Å². The van der Waals surface area contributed by atoms with E-state index >= 15 is 0 Å². The standard InChI is InChI=1S/C16H25N3O4/c1-23-16(22)14(10-11-5-7-12(20)8-6-11)19-15(21)13(18)4-2-3-9-17/h5-8,13-14,20H,2-4,9-10,17-18H2,1H3,(H,19,21)/t13-,14-/m0/s1. The number of phenolic OH excluding ortho intramolecular Hbond substituents is 1. The predicted octanol–water partition coefficient (Wildman–Crippen LogP) is 0.0488. The number of amides is 1. The quantitative estimate of drug-likeness (QED) is 0.375. The Labute approximate surface area is 136 Å². The van der Waals surface area contributed by atoms with Gasteiger partial charge < -0.3 is 26.6 Å². The van der Waals surface area contributed by atoms with E-state index < -0.39 is 24.0 Å². The van der Waals surface area contributed by atoms with Gasteiger partial charge in [-0.2, -0.15) is 0 Å². The summed E-state index contributed by atoms with van der Waals surface area (Å²) in [7, 11) is 1.26. The molecule has 0 saturated carbocycles. The minimum absolute atomic E-state index is 0.134. The molecule has 0 aromatic heterocycles. The van der Waals surface area contributed by atoms with Gasteiger partial charge in [-0.3, -0.25) is 4.79 Å². The number of benzene rings is 1. The molecular formula is C16H25N3O4. The van der Waals surface area contributed by atoms with Crippen LogP contribution in [0.3, 0.4) is 0 Å². The molecule has 0 heterocycles. The number of esters is 1. The average Bonchev–Trinajstić information content (AvgIpc) is 2.55. The number of carbonyl (C=O) groups is 2. The van der Waals surface area contributed by atoms with Crippen LogP contribution in [0.2, 0.25) is 0 Å². The second-order valence-electron chi connectivity index (χ2n) is 5.35. The first kappa shape index (κ1) is 18.9. The van der Waals surface area contributed by atoms with Crippen LogP contribution in [-0.4, -0.2) is 42.7 Å². The fourth-order valence-electron chi connectivity index (χ4n) is 2.12. The summed E-state index contributed by atoms with van der Waals surface area (Å²) < 4.78 is 4.73. The molecule has 2 atom stereocenters. The maximum Gasteiger partial charge on any atom is 0.328 e. The van der Waals surface area contributed by atoms with E-state index in [1.807, 2.05) is 0 Å². The molecule has 128 valence electrons. The third kappa shape index (κ3) is 6.66. The molecule has 0 aliphatic rings. The third-order valence-electron chi connectivity index (χ3n) is 3.48. The van der Waals surface area contributed by atoms with E-state index in [-0.39, 0.29) is 12.2 Å². The van der Waals surface area contributed by atoms with Crippen molar-refractivity contribution in [3.63, 3.8) is 0 Å². The summed E-state index contributed by atoms with van der Waals surface area (Å²) in [6, 6.07) is 4.89. The van der Waals surface area contributed by atoms with Crippen molar-refractivity contribution >= 4 is 11.9 Å². The molecule has 1 aromatic rings. The lowest BCUT2D eigenvalue weighted by Crippen LogP contribution is -2.49. The van der Waals surface area contributed by atoms with Gasteiger partial charge in [0, 0.05) is 6.42 Å². The molecule has 7 heteroatoms. The molecule has 1 amide bonds. The van der Waals surface area contributed by atoms with Crippen molar-refractivity contribution in [1.29, 1.82) is 0 Å². The number of ether oxygens (including phenoxy) is 1. The fourth-order valence-corrected chi connectivity index (χ4v) is 2.12. The highest BCUT2D eigenvalue weighted by Gasteiger charge is 2.24. The minimum atomic E-state index is -0.822. The average molecular weight is 323 g/mol. The van der Waals surface area contributed by atoms with Crippen molar-refractivity contribution in [2.75, 3.05) is 13.7 Å². The van der Waals surface area contributed by atoms with E-state index in [1.54, 1.807) is 12.1 Å². The molecule has 0 aliphatic heterocycles. The molecule has 23 heavy (non-hydrogen) atoms. The highest BCUT2D eigenvalue weighted by molar-refractivity contribution is 5.87. The molecule has 1 rings (SSSR count). The largest absolute Gasteiger partial charge is 0.508 e. The highest BCUT2D eigenvalue weighted by atomic mass is 16.5. The van der Waals surface area contributed by atoms with E-state index in [2.05, 4.69) is 5.32 Å². The van der Waals surface area contributed by atoms with E-state index in [9.17, 15) is 14.7 Å². The van der Waals surface area contributed by atoms with Crippen molar-refractivity contribution in [3.8, 4) is 5.75 Å². The SMILES string of the molecule is COC(=O)[C@H](Cc1ccc(O)cc1)NC(=O)[C@@H](N)CCCCN. The predicted molar refractivity (Wildman–Crippen MR) is 86.6 cm³/mol. The Hall–Kier alpha value is -2.12. The van der Waals surface area contributed by atoms with Crippen molar-refractivity contribution in [1.82, 2.24) is 5.32 Å². The lowest BCUT2D eigenvalue weighted by molar-refractivity contribution is -0.145. The van der Waals surface area contributed by atoms with Crippen molar-refractivity contribution in [2.24, 2.45) is 11.5 Å². The molecule has 0 spiro atoms. The van der Waals surface area contributed by atoms with Crippen molar-refractivity contribution < 1.29 is 19.4 Å². The summed E-state index contributed by atoms with van der Waals surface area (Å²) in [6.07, 6.45) is 2.32. The first-order valence-electron chi connectivity index (χ1n) is 7.59. The number of rotatable bonds is 9. The van der Waals surface area contributed by atoms with Crippen LogP contribution < -0.4 is 16.8 Å². The zero-order valence-corrected chi connectivity index (χ0v) is 13.3. The Morgan fingerprint density at radius 2 is 1.91 bits per heavy atom. The third-order valence-corrected chi connectivity index (χ3v) is 3.48. The molecule has 0 bridgehead atoms. The van der Waals surface area contributed by atoms with Crippen LogP contribution in [0, 0.1) is 0 Å². The molecule has 6 N–H and O–H groups in total. The Morgan fingerprint density at radius 3 is 2.48 bits per heavy atom. The molecular weight excluding hydrogens is 298 g/mol. The van der Waals surface area contributed by atoms with Gasteiger partial charge in [-0.05, 0) is 37.1 Å². The van der Waals surface area contributed by atoms with Crippen molar-refractivity contribution in [2.45, 2.75) is 37.8 Å². The summed E-state index contributed by atoms with van der Waals surface area (Å²) in [5.74, 6) is -0.800. The molecule has 0 saturated heterocycles. The lowest BCUT2D eigenvalue weighted by Gasteiger charge is -2.19. The van der Waals surface area contributed by atoms with E-state index in [0.29, 0.717) is 13.0 Å². The van der Waals surface area contributed by atoms with Crippen LogP contribution >= 0.6 is 0 Å². The summed E-state index contributed by atoms with van der Waals surface area (Å²) >= 11 is 0. The number of carbonyl (C=O) groups excluding carboxylic acids is 2. The molecule has 0 radical (unpaired) electrons. The molecule has 1 aromatic carbocycles. The number of phenols is 1. The summed E-state index contributed by atoms with van der Waals surface area (Å²) in [4.78, 5) is 24.0. The van der Waals surface area contributed by atoms with Gasteiger partial charge in [0.15, 0.2) is 0 Å². The van der Waals surface area contributed by atoms with Crippen LogP contribution in [0.1, 0.15) is 24.8 Å². The number of hydrogen-bond donors (Lipinski definition) is 4. The summed E-state index contributed by atoms with van der Waals surface area (Å²) in [5.41, 5.74) is 12.0. The topological polar surface area (TPSA) is 128 Å². The number of aromatic hydroxyl groups is 1. The second-order valence-corrected chi connectivity index (χ2v) is 5.35. The van der Waals surface area contributed by atoms with E-state index in [0.717, 1.165) is 18.4 Å². The van der Waals surface area contributed by atoms with Crippen LogP contribution in [0.25, 0.3) is 0 Å². The zero-order valence-electron chi connectivity index (χ0n) is 13.3. The van der Waals surface area contributed by atoms with Crippen LogP contribution in [-0.2, 0) is 20.7 Å². The second kappa shape index (κ2) is 9.81. The maximum absolute atomic E-state index is 12.1. The smallest absolute Gasteiger partial charge is 0.328 e. The molecule has 0 unspecified atom stereocenters. The molecule has 7 nitrogen and oxygen atoms in total. The molecule has 0 aliphatic carbocycles. The highest BCUT2D eigenvalue weighted by Crippen LogP contribution is 2.12. The normalized spacial score (nSPS) is 13.2. The van der Waals surface area contributed by atoms with Gasteiger partial charge >= 0.3 is 5.97 Å².